The number of aryl methyl sites for hydroxylation is 2. The van der Waals surface area contributed by atoms with E-state index >= 15 is 0 Å². The molecule has 2 heterocycles. The molecule has 0 unspecified atom stereocenters. The molecule has 15 heavy (non-hydrogen) atoms. The molecular formula is C9H14N6. The van der Waals surface area contributed by atoms with Crippen molar-refractivity contribution in [2.45, 2.75) is 20.4 Å². The molecule has 0 aliphatic rings. The average Bonchev–Trinajstić information content (AvgIpc) is 2.73. The molecule has 2 rings (SSSR count). The van der Waals surface area contributed by atoms with Crippen LogP contribution in [0.5, 0.6) is 0 Å². The van der Waals surface area contributed by atoms with Crippen LogP contribution in [0.15, 0.2) is 6.20 Å². The predicted octanol–water partition coefficient (Wildman–Crippen LogP) is 0.589. The van der Waals surface area contributed by atoms with E-state index in [4.69, 9.17) is 5.73 Å². The molecule has 0 fully saturated rings. The summed E-state index contributed by atoms with van der Waals surface area (Å²) in [5, 5.41) is 12.2. The molecule has 80 valence electrons. The summed E-state index contributed by atoms with van der Waals surface area (Å²) < 4.78 is 3.63. The lowest BCUT2D eigenvalue weighted by Crippen LogP contribution is -2.02. The first-order valence-corrected chi connectivity index (χ1v) is 4.82. The van der Waals surface area contributed by atoms with Gasteiger partial charge in [0.05, 0.1) is 11.8 Å². The number of rotatable bonds is 2. The van der Waals surface area contributed by atoms with E-state index in [-0.39, 0.29) is 0 Å². The van der Waals surface area contributed by atoms with Gasteiger partial charge in [-0.3, -0.25) is 4.68 Å². The largest absolute Gasteiger partial charge is 0.383 e. The molecule has 6 nitrogen and oxygen atoms in total. The Kier molecular flexibility index (Phi) is 2.18. The van der Waals surface area contributed by atoms with Crippen molar-refractivity contribution >= 4 is 5.82 Å². The van der Waals surface area contributed by atoms with Crippen LogP contribution in [0, 0.1) is 6.92 Å². The summed E-state index contributed by atoms with van der Waals surface area (Å²) in [7, 11) is 1.80. The van der Waals surface area contributed by atoms with Gasteiger partial charge in [0.15, 0.2) is 5.82 Å². The second-order valence-corrected chi connectivity index (χ2v) is 3.38. The highest BCUT2D eigenvalue weighted by Crippen LogP contribution is 2.23. The second-order valence-electron chi connectivity index (χ2n) is 3.38. The van der Waals surface area contributed by atoms with Gasteiger partial charge >= 0.3 is 0 Å². The van der Waals surface area contributed by atoms with Crippen molar-refractivity contribution < 1.29 is 0 Å². The van der Waals surface area contributed by atoms with Gasteiger partial charge in [-0.1, -0.05) is 0 Å². The first-order chi connectivity index (χ1) is 7.15. The summed E-state index contributed by atoms with van der Waals surface area (Å²) in [6.45, 7) is 4.79. The van der Waals surface area contributed by atoms with Crippen LogP contribution < -0.4 is 5.73 Å². The maximum Gasteiger partial charge on any atom is 0.169 e. The number of aromatic nitrogens is 5. The fourth-order valence-electron chi connectivity index (χ4n) is 1.58. The van der Waals surface area contributed by atoms with Gasteiger partial charge in [0.2, 0.25) is 0 Å². The van der Waals surface area contributed by atoms with Crippen molar-refractivity contribution in [1.29, 1.82) is 0 Å². The van der Waals surface area contributed by atoms with E-state index in [0.29, 0.717) is 5.82 Å². The molecule has 6 heteroatoms. The van der Waals surface area contributed by atoms with Crippen LogP contribution in [-0.4, -0.2) is 24.5 Å². The Labute approximate surface area is 87.7 Å². The van der Waals surface area contributed by atoms with Crippen LogP contribution in [0.1, 0.15) is 12.7 Å². The van der Waals surface area contributed by atoms with Crippen LogP contribution >= 0.6 is 0 Å². The molecule has 0 bridgehead atoms. The predicted molar refractivity (Wildman–Crippen MR) is 57.0 cm³/mol. The minimum atomic E-state index is 0.608. The van der Waals surface area contributed by atoms with Gasteiger partial charge in [-0.25, -0.2) is 0 Å². The fraction of sp³-hybridized carbons (Fsp3) is 0.444. The first-order valence-electron chi connectivity index (χ1n) is 4.82. The van der Waals surface area contributed by atoms with Gasteiger partial charge in [0.1, 0.15) is 11.6 Å². The molecule has 2 N–H and O–H groups in total. The van der Waals surface area contributed by atoms with Crippen molar-refractivity contribution in [1.82, 2.24) is 24.5 Å². The summed E-state index contributed by atoms with van der Waals surface area (Å²) in [5.74, 6) is 2.27. The van der Waals surface area contributed by atoms with Crippen molar-refractivity contribution in [3.8, 4) is 11.4 Å². The van der Waals surface area contributed by atoms with Crippen molar-refractivity contribution in [3.63, 3.8) is 0 Å². The quantitative estimate of drug-likeness (QED) is 0.780. The molecule has 0 saturated heterocycles. The molecular weight excluding hydrogens is 192 g/mol. The zero-order valence-electron chi connectivity index (χ0n) is 9.10. The van der Waals surface area contributed by atoms with Crippen LogP contribution in [0.25, 0.3) is 11.4 Å². The minimum Gasteiger partial charge on any atom is -0.383 e. The van der Waals surface area contributed by atoms with Crippen LogP contribution in [0.2, 0.25) is 0 Å². The third-order valence-electron chi connectivity index (χ3n) is 2.48. The average molecular weight is 206 g/mol. The molecule has 0 radical (unpaired) electrons. The lowest BCUT2D eigenvalue weighted by molar-refractivity contribution is 0.737. The van der Waals surface area contributed by atoms with Gasteiger partial charge in [0.25, 0.3) is 0 Å². The van der Waals surface area contributed by atoms with Crippen molar-refractivity contribution in [2.24, 2.45) is 7.05 Å². The molecule has 0 saturated carbocycles. The van der Waals surface area contributed by atoms with Gasteiger partial charge in [-0.2, -0.15) is 5.10 Å². The summed E-state index contributed by atoms with van der Waals surface area (Å²) in [4.78, 5) is 0. The lowest BCUT2D eigenvalue weighted by Gasteiger charge is -2.04. The number of hydrogen-bond donors (Lipinski definition) is 1. The number of nitrogen functional groups attached to an aromatic ring is 1. The zero-order chi connectivity index (χ0) is 11.0. The zero-order valence-corrected chi connectivity index (χ0v) is 9.10. The Bertz CT molecular complexity index is 481. The molecule has 0 aliphatic carbocycles. The van der Waals surface area contributed by atoms with E-state index in [2.05, 4.69) is 15.3 Å². The third-order valence-corrected chi connectivity index (χ3v) is 2.48. The number of nitrogens with zero attached hydrogens (tertiary/aromatic N) is 5. The van der Waals surface area contributed by atoms with Gasteiger partial charge in [0, 0.05) is 13.6 Å². The first kappa shape index (κ1) is 9.70. The summed E-state index contributed by atoms with van der Waals surface area (Å²) in [5.41, 5.74) is 6.72. The van der Waals surface area contributed by atoms with Crippen molar-refractivity contribution in [2.75, 3.05) is 5.73 Å². The van der Waals surface area contributed by atoms with Gasteiger partial charge in [-0.05, 0) is 13.8 Å². The highest BCUT2D eigenvalue weighted by molar-refractivity contribution is 5.67. The maximum atomic E-state index is 5.89. The molecule has 2 aromatic heterocycles. The van der Waals surface area contributed by atoms with E-state index in [1.807, 2.05) is 18.4 Å². The Morgan fingerprint density at radius 2 is 2.13 bits per heavy atom. The standard InChI is InChI=1S/C9H14N6/c1-4-15-6(2)12-13-9(15)7-5-11-14(3)8(7)10/h5H,4,10H2,1-3H3. The highest BCUT2D eigenvalue weighted by Gasteiger charge is 2.14. The third kappa shape index (κ3) is 1.38. The Morgan fingerprint density at radius 1 is 1.40 bits per heavy atom. The number of anilines is 1. The normalized spacial score (nSPS) is 10.9. The topological polar surface area (TPSA) is 74.5 Å². The van der Waals surface area contributed by atoms with E-state index in [9.17, 15) is 0 Å². The monoisotopic (exact) mass is 206 g/mol. The Balaban J connectivity index is 2.58. The van der Waals surface area contributed by atoms with Crippen LogP contribution in [0.4, 0.5) is 5.82 Å². The molecule has 0 amide bonds. The fourth-order valence-corrected chi connectivity index (χ4v) is 1.58. The van der Waals surface area contributed by atoms with Gasteiger partial charge in [-0.15, -0.1) is 10.2 Å². The minimum absolute atomic E-state index is 0.608. The molecule has 0 aliphatic heterocycles. The van der Waals surface area contributed by atoms with Crippen LogP contribution in [-0.2, 0) is 13.6 Å². The van der Waals surface area contributed by atoms with Gasteiger partial charge < -0.3 is 10.3 Å². The molecule has 0 spiro atoms. The van der Waals surface area contributed by atoms with E-state index in [1.165, 1.54) is 0 Å². The summed E-state index contributed by atoms with van der Waals surface area (Å²) in [6.07, 6.45) is 1.71. The maximum absolute atomic E-state index is 5.89. The second kappa shape index (κ2) is 3.38. The molecule has 2 aromatic rings. The SMILES string of the molecule is CCn1c(C)nnc1-c1cnn(C)c1N. The number of hydrogen-bond acceptors (Lipinski definition) is 4. The van der Waals surface area contributed by atoms with E-state index < -0.39 is 0 Å². The number of nitrogens with two attached hydrogens (primary N) is 1. The summed E-state index contributed by atoms with van der Waals surface area (Å²) in [6, 6.07) is 0. The Morgan fingerprint density at radius 3 is 2.67 bits per heavy atom. The summed E-state index contributed by atoms with van der Waals surface area (Å²) >= 11 is 0. The molecule has 0 aromatic carbocycles. The highest BCUT2D eigenvalue weighted by atomic mass is 15.3. The molecule has 0 atom stereocenters. The lowest BCUT2D eigenvalue weighted by atomic mass is 10.3. The van der Waals surface area contributed by atoms with Crippen molar-refractivity contribution in [3.05, 3.63) is 12.0 Å². The van der Waals surface area contributed by atoms with E-state index in [1.54, 1.807) is 17.9 Å². The van der Waals surface area contributed by atoms with E-state index in [0.717, 1.165) is 23.8 Å². The van der Waals surface area contributed by atoms with Crippen LogP contribution in [0.3, 0.4) is 0 Å². The Hall–Kier alpha value is -1.85. The smallest absolute Gasteiger partial charge is 0.169 e.